The number of carbonyl (C=O) groups excluding carboxylic acids is 1. The Hall–Kier alpha value is -2.27. The highest BCUT2D eigenvalue weighted by molar-refractivity contribution is 9.10. The minimum absolute atomic E-state index is 0.0776. The number of anilines is 1. The molecule has 0 aliphatic carbocycles. The lowest BCUT2D eigenvalue weighted by molar-refractivity contribution is 0.0233. The normalized spacial score (nSPS) is 27.7. The van der Waals surface area contributed by atoms with E-state index in [4.69, 9.17) is 14.5 Å². The van der Waals surface area contributed by atoms with Gasteiger partial charge in [0.05, 0.1) is 27.6 Å². The number of halogens is 3. The Morgan fingerprint density at radius 3 is 2.79 bits per heavy atom. The van der Waals surface area contributed by atoms with Crippen LogP contribution in [-0.4, -0.2) is 88.5 Å². The molecular weight excluding hydrogens is 560 g/mol. The van der Waals surface area contributed by atoms with Crippen LogP contribution in [0.5, 0.6) is 6.01 Å². The molecule has 2 aromatic rings. The van der Waals surface area contributed by atoms with Crippen molar-refractivity contribution in [3.8, 4) is 6.01 Å². The number of hydrogen-bond donors (Lipinski definition) is 0. The van der Waals surface area contributed by atoms with Crippen molar-refractivity contribution in [3.63, 3.8) is 0 Å². The molecule has 3 saturated heterocycles. The first-order chi connectivity index (χ1) is 17.9. The summed E-state index contributed by atoms with van der Waals surface area (Å²) in [6.45, 7) is 9.68. The number of rotatable bonds is 5. The number of hydrogen-bond acceptors (Lipinski definition) is 7. The summed E-state index contributed by atoms with van der Waals surface area (Å²) in [5.74, 6) is 0.106. The molecule has 8 nitrogen and oxygen atoms in total. The first kappa shape index (κ1) is 27.3. The molecule has 4 heterocycles. The number of nitrogens with zero attached hydrogens (tertiary/aromatic N) is 5. The van der Waals surface area contributed by atoms with Gasteiger partial charge in [0.2, 0.25) is 0 Å². The number of benzene rings is 1. The number of likely N-dealkylation sites (tertiary alicyclic amines) is 1. The molecule has 0 unspecified atom stereocenters. The van der Waals surface area contributed by atoms with Gasteiger partial charge in [-0.05, 0) is 81.6 Å². The fourth-order valence-electron chi connectivity index (χ4n) is 6.24. The first-order valence-corrected chi connectivity index (χ1v) is 14.1. The van der Waals surface area contributed by atoms with E-state index in [1.165, 1.54) is 6.07 Å². The monoisotopic (exact) mass is 595 g/mol. The van der Waals surface area contributed by atoms with E-state index >= 15 is 0 Å². The highest BCUT2D eigenvalue weighted by Gasteiger charge is 2.49. The van der Waals surface area contributed by atoms with Gasteiger partial charge in [0.15, 0.2) is 0 Å². The maximum atomic E-state index is 14.6. The van der Waals surface area contributed by atoms with E-state index in [-0.39, 0.29) is 29.7 Å². The van der Waals surface area contributed by atoms with E-state index in [1.807, 2.05) is 39.6 Å². The Labute approximate surface area is 230 Å². The number of fused-ring (bicyclic) bond motifs is 2. The summed E-state index contributed by atoms with van der Waals surface area (Å²) in [5.41, 5.74) is -0.382. The molecule has 4 atom stereocenters. The smallest absolute Gasteiger partial charge is 0.410 e. The van der Waals surface area contributed by atoms with Crippen LogP contribution in [0.15, 0.2) is 16.6 Å². The standard InChI is InChI=1S/C27H36BrF2N5O3/c1-16-22(7-10-35(16)25(36)38-26(2,3)4)33(5)23-18-11-20(30)19(28)12-21(18)31-24(32-23)37-15-27-8-6-9-34(27)14-17(29)13-27/h11-12,16-17,22H,6-10,13-15H2,1-5H3/t16-,17-,22-,27+/m1/s1. The van der Waals surface area contributed by atoms with Crippen LogP contribution in [-0.2, 0) is 4.74 Å². The van der Waals surface area contributed by atoms with Crippen LogP contribution < -0.4 is 9.64 Å². The van der Waals surface area contributed by atoms with Crippen molar-refractivity contribution in [3.05, 3.63) is 22.4 Å². The number of ether oxygens (including phenoxy) is 2. The topological polar surface area (TPSA) is 71.0 Å². The minimum atomic E-state index is -0.853. The lowest BCUT2D eigenvalue weighted by Crippen LogP contribution is -2.45. The van der Waals surface area contributed by atoms with E-state index < -0.39 is 17.6 Å². The Kier molecular flexibility index (Phi) is 7.21. The number of alkyl halides is 1. The molecule has 1 aromatic carbocycles. The van der Waals surface area contributed by atoms with Crippen LogP contribution in [0.2, 0.25) is 0 Å². The average molecular weight is 597 g/mol. The summed E-state index contributed by atoms with van der Waals surface area (Å²) in [6, 6.07) is 2.98. The predicted octanol–water partition coefficient (Wildman–Crippen LogP) is 5.32. The van der Waals surface area contributed by atoms with Crippen LogP contribution in [0.1, 0.15) is 53.4 Å². The van der Waals surface area contributed by atoms with E-state index in [1.54, 1.807) is 11.0 Å². The van der Waals surface area contributed by atoms with Crippen molar-refractivity contribution in [2.45, 2.75) is 82.8 Å². The van der Waals surface area contributed by atoms with Crippen LogP contribution in [0.3, 0.4) is 0 Å². The van der Waals surface area contributed by atoms with Gasteiger partial charge in [-0.2, -0.15) is 9.97 Å². The highest BCUT2D eigenvalue weighted by atomic mass is 79.9. The van der Waals surface area contributed by atoms with Gasteiger partial charge >= 0.3 is 12.1 Å². The summed E-state index contributed by atoms with van der Waals surface area (Å²) in [6.07, 6.45) is 1.84. The number of amides is 1. The maximum Gasteiger partial charge on any atom is 0.410 e. The van der Waals surface area contributed by atoms with E-state index in [9.17, 15) is 13.6 Å². The van der Waals surface area contributed by atoms with Gasteiger partial charge in [-0.25, -0.2) is 13.6 Å². The summed E-state index contributed by atoms with van der Waals surface area (Å²) >= 11 is 3.27. The Morgan fingerprint density at radius 2 is 2.05 bits per heavy atom. The van der Waals surface area contributed by atoms with E-state index in [0.29, 0.717) is 53.7 Å². The number of carbonyl (C=O) groups is 1. The van der Waals surface area contributed by atoms with Crippen molar-refractivity contribution in [1.82, 2.24) is 19.8 Å². The summed E-state index contributed by atoms with van der Waals surface area (Å²) in [5, 5.41) is 0.550. The minimum Gasteiger partial charge on any atom is -0.461 e. The molecule has 0 spiro atoms. The molecule has 0 saturated carbocycles. The van der Waals surface area contributed by atoms with Gasteiger partial charge in [0.1, 0.15) is 30.0 Å². The average Bonchev–Trinajstić information content (AvgIpc) is 3.48. The molecule has 1 aromatic heterocycles. The quantitative estimate of drug-likeness (QED) is 0.463. The van der Waals surface area contributed by atoms with E-state index in [2.05, 4.69) is 25.8 Å². The SMILES string of the molecule is C[C@@H]1[C@H](N(C)c2nc(OC[C@@]34CCCN3C[C@H](F)C4)nc3cc(Br)c(F)cc23)CCN1C(=O)OC(C)(C)C. The van der Waals surface area contributed by atoms with Crippen molar-refractivity contribution in [1.29, 1.82) is 0 Å². The second-order valence-electron chi connectivity index (χ2n) is 11.9. The third-order valence-electron chi connectivity index (χ3n) is 8.10. The largest absolute Gasteiger partial charge is 0.461 e. The molecule has 208 valence electrons. The first-order valence-electron chi connectivity index (χ1n) is 13.3. The summed E-state index contributed by atoms with van der Waals surface area (Å²) in [7, 11) is 1.90. The van der Waals surface area contributed by atoms with Crippen LogP contribution in [0, 0.1) is 5.82 Å². The number of likely N-dealkylation sites (N-methyl/N-ethyl adjacent to an activating group) is 1. The zero-order chi connectivity index (χ0) is 27.4. The van der Waals surface area contributed by atoms with Gasteiger partial charge < -0.3 is 19.3 Å². The second-order valence-corrected chi connectivity index (χ2v) is 12.7. The Balaban J connectivity index is 1.43. The van der Waals surface area contributed by atoms with Crippen LogP contribution >= 0.6 is 15.9 Å². The van der Waals surface area contributed by atoms with Crippen molar-refractivity contribution >= 4 is 38.7 Å². The molecule has 11 heteroatoms. The molecule has 38 heavy (non-hydrogen) atoms. The van der Waals surface area contributed by atoms with Gasteiger partial charge in [-0.3, -0.25) is 4.90 Å². The fourth-order valence-corrected chi connectivity index (χ4v) is 6.58. The lowest BCUT2D eigenvalue weighted by Gasteiger charge is -2.33. The maximum absolute atomic E-state index is 14.6. The van der Waals surface area contributed by atoms with Gasteiger partial charge in [-0.1, -0.05) is 0 Å². The molecule has 0 radical (unpaired) electrons. The summed E-state index contributed by atoms with van der Waals surface area (Å²) in [4.78, 5) is 28.0. The molecule has 5 rings (SSSR count). The van der Waals surface area contributed by atoms with Crippen LogP contribution in [0.4, 0.5) is 19.4 Å². The van der Waals surface area contributed by atoms with Crippen molar-refractivity contribution in [2.24, 2.45) is 0 Å². The fraction of sp³-hybridized carbons (Fsp3) is 0.667. The molecular formula is C27H36BrF2N5O3. The zero-order valence-corrected chi connectivity index (χ0v) is 24.2. The highest BCUT2D eigenvalue weighted by Crippen LogP contribution is 2.41. The van der Waals surface area contributed by atoms with Gasteiger partial charge in [0, 0.05) is 31.9 Å². The van der Waals surface area contributed by atoms with E-state index in [0.717, 1.165) is 19.4 Å². The lowest BCUT2D eigenvalue weighted by atomic mass is 9.95. The summed E-state index contributed by atoms with van der Waals surface area (Å²) < 4.78 is 41.0. The molecule has 3 fully saturated rings. The van der Waals surface area contributed by atoms with Crippen molar-refractivity contribution < 1.29 is 23.0 Å². The zero-order valence-electron chi connectivity index (χ0n) is 22.6. The predicted molar refractivity (Wildman–Crippen MR) is 145 cm³/mol. The van der Waals surface area contributed by atoms with Crippen molar-refractivity contribution in [2.75, 3.05) is 38.2 Å². The van der Waals surface area contributed by atoms with Gasteiger partial charge in [0.25, 0.3) is 0 Å². The van der Waals surface area contributed by atoms with Crippen LogP contribution in [0.25, 0.3) is 10.9 Å². The second kappa shape index (κ2) is 10.0. The molecule has 3 aliphatic rings. The molecule has 1 amide bonds. The third kappa shape index (κ3) is 5.15. The number of aromatic nitrogens is 2. The molecule has 0 bridgehead atoms. The Bertz CT molecular complexity index is 1230. The molecule has 0 N–H and O–H groups in total. The third-order valence-corrected chi connectivity index (χ3v) is 8.71. The van der Waals surface area contributed by atoms with Gasteiger partial charge in [-0.15, -0.1) is 0 Å². The Morgan fingerprint density at radius 1 is 1.29 bits per heavy atom. The molecule has 3 aliphatic heterocycles.